The molecule has 2 saturated heterocycles. The van der Waals surface area contributed by atoms with Gasteiger partial charge in [0.05, 0.1) is 0 Å². The average Bonchev–Trinajstić information content (AvgIpc) is 3.53. The zero-order valence-corrected chi connectivity index (χ0v) is 27.0. The van der Waals surface area contributed by atoms with E-state index < -0.39 is 18.5 Å². The zero-order chi connectivity index (χ0) is 26.6. The van der Waals surface area contributed by atoms with Crippen LogP contribution in [0, 0.1) is 0 Å². The summed E-state index contributed by atoms with van der Waals surface area (Å²) < 4.78 is 21.6. The first-order chi connectivity index (χ1) is 16.7. The van der Waals surface area contributed by atoms with Gasteiger partial charge < -0.3 is 58.3 Å². The number of nitrogens with one attached hydrogen (secondary N) is 4. The standard InChI is InChI=1S/2C5H8N6S5.Mo.2O/c2*6-9-10-8-4(12)16-11(5(13)14)3-7-1-2-15-3;;;/h2*3,7H,1-2H2,(H,8,12)(H,13,14);;;/q;;+2;;/p-2. The van der Waals surface area contributed by atoms with Crippen molar-refractivity contribution in [1.29, 1.82) is 0 Å². The number of azide groups is 2. The van der Waals surface area contributed by atoms with Crippen molar-refractivity contribution in [1.82, 2.24) is 30.1 Å². The fraction of sp³-hybridized carbons (Fsp3) is 0.600. The van der Waals surface area contributed by atoms with E-state index in [0.29, 0.717) is 17.3 Å². The third kappa shape index (κ3) is 16.6. The number of thiocarbonyl (C=S) groups is 4. The van der Waals surface area contributed by atoms with Gasteiger partial charge in [-0.1, -0.05) is 0 Å². The molecule has 2 rings (SSSR count). The summed E-state index contributed by atoms with van der Waals surface area (Å²) in [5.74, 6) is 1.99. The van der Waals surface area contributed by atoms with Crippen molar-refractivity contribution in [2.24, 2.45) is 10.4 Å². The van der Waals surface area contributed by atoms with E-state index in [9.17, 15) is 0 Å². The molecule has 0 aromatic carbocycles. The van der Waals surface area contributed by atoms with Gasteiger partial charge in [0.25, 0.3) is 0 Å². The molecule has 192 valence electrons. The molecule has 0 bridgehead atoms. The first kappa shape index (κ1) is 35.2. The van der Waals surface area contributed by atoms with Crippen LogP contribution in [0.4, 0.5) is 0 Å². The fourth-order valence-electron chi connectivity index (χ4n) is 1.83. The van der Waals surface area contributed by atoms with Crippen LogP contribution in [0.3, 0.4) is 0 Å². The molecule has 0 amide bonds. The topological polar surface area (TPSA) is 186 Å². The molecule has 4 N–H and O–H groups in total. The number of hydrogen-bond acceptors (Lipinski definition) is 16. The van der Waals surface area contributed by atoms with Crippen LogP contribution in [0.25, 0.3) is 20.9 Å². The van der Waals surface area contributed by atoms with Gasteiger partial charge in [-0.05, 0) is 43.5 Å². The normalized spacial score (nSPS) is 17.3. The van der Waals surface area contributed by atoms with Gasteiger partial charge in [0.1, 0.15) is 11.0 Å². The molecule has 0 radical (unpaired) electrons. The van der Waals surface area contributed by atoms with E-state index in [1.807, 2.05) is 0 Å². The Morgan fingerprint density at radius 3 is 1.49 bits per heavy atom. The molecule has 0 saturated carbocycles. The molecule has 0 aromatic rings. The molecule has 0 spiro atoms. The van der Waals surface area contributed by atoms with Crippen molar-refractivity contribution >= 4 is 139 Å². The minimum atomic E-state index is -2.03. The predicted octanol–water partition coefficient (Wildman–Crippen LogP) is 2.74. The third-order valence-electron chi connectivity index (χ3n) is 2.91. The summed E-state index contributed by atoms with van der Waals surface area (Å²) in [5.41, 5.74) is 21.0. The van der Waals surface area contributed by atoms with Crippen molar-refractivity contribution in [3.05, 3.63) is 20.9 Å². The van der Waals surface area contributed by atoms with Crippen LogP contribution in [0.15, 0.2) is 10.4 Å². The molecule has 35 heavy (non-hydrogen) atoms. The molecule has 0 aliphatic carbocycles. The molecular formula is C10H14MoN12O2S10. The quantitative estimate of drug-likeness (QED) is 0.0480. The Morgan fingerprint density at radius 1 is 0.914 bits per heavy atom. The molecule has 0 aromatic heterocycles. The second kappa shape index (κ2) is 22.2. The Bertz CT molecular complexity index is 804. The summed E-state index contributed by atoms with van der Waals surface area (Å²) in [5, 5.41) is 12.7. The minimum absolute atomic E-state index is 0.0146. The van der Waals surface area contributed by atoms with Crippen LogP contribution in [0.2, 0.25) is 0 Å². The van der Waals surface area contributed by atoms with Crippen LogP contribution in [0.5, 0.6) is 0 Å². The number of thioether (sulfide) groups is 2. The van der Waals surface area contributed by atoms with E-state index in [1.165, 1.54) is 0 Å². The zero-order valence-electron chi connectivity index (χ0n) is 16.9. The first-order valence-electron chi connectivity index (χ1n) is 8.38. The Hall–Kier alpha value is 0.228. The van der Waals surface area contributed by atoms with Crippen molar-refractivity contribution in [2.45, 2.75) is 11.0 Å². The maximum absolute atomic E-state index is 8.50. The monoisotopic (exact) mass is 752 g/mol. The van der Waals surface area contributed by atoms with E-state index in [0.717, 1.165) is 48.5 Å². The van der Waals surface area contributed by atoms with Crippen molar-refractivity contribution in [3.63, 3.8) is 0 Å². The van der Waals surface area contributed by atoms with E-state index >= 15 is 0 Å². The molecule has 2 aliphatic rings. The van der Waals surface area contributed by atoms with Gasteiger partial charge in [-0.25, -0.2) is 10.9 Å². The number of rotatable bonds is 4. The van der Waals surface area contributed by atoms with Crippen molar-refractivity contribution in [3.8, 4) is 0 Å². The summed E-state index contributed by atoms with van der Waals surface area (Å²) in [7, 11) is 0. The van der Waals surface area contributed by atoms with Crippen LogP contribution in [-0.4, -0.2) is 61.5 Å². The van der Waals surface area contributed by atoms with E-state index in [4.69, 9.17) is 92.0 Å². The molecule has 2 fully saturated rings. The predicted molar refractivity (Wildman–Crippen MR) is 158 cm³/mol. The summed E-state index contributed by atoms with van der Waals surface area (Å²) in [6.07, 6.45) is 0. The van der Waals surface area contributed by atoms with E-state index in [2.05, 4.69) is 41.8 Å². The maximum atomic E-state index is 8.50. The molecule has 2 atom stereocenters. The Kier molecular flexibility index (Phi) is 22.4. The average molecular weight is 751 g/mol. The fourth-order valence-corrected chi connectivity index (χ4v) is 7.04. The van der Waals surface area contributed by atoms with Crippen molar-refractivity contribution < 1.29 is 25.3 Å². The Balaban J connectivity index is 0.000000594. The van der Waals surface area contributed by atoms with Crippen LogP contribution < -0.4 is 21.5 Å². The summed E-state index contributed by atoms with van der Waals surface area (Å²) in [4.78, 5) is 5.08. The molecule has 2 aliphatic heterocycles. The van der Waals surface area contributed by atoms with E-state index in [-0.39, 0.29) is 11.0 Å². The Labute approximate surface area is 258 Å². The Morgan fingerprint density at radius 2 is 1.26 bits per heavy atom. The van der Waals surface area contributed by atoms with Crippen LogP contribution in [-0.2, 0) is 50.5 Å². The van der Waals surface area contributed by atoms with Crippen molar-refractivity contribution in [2.75, 3.05) is 24.6 Å². The summed E-state index contributed by atoms with van der Waals surface area (Å²) in [6.45, 7) is 1.81. The summed E-state index contributed by atoms with van der Waals surface area (Å²) in [6, 6.07) is 0. The SMILES string of the molecule is [N-]=[N+]=NNC(=S)SN(C(=S)[S-])C1NCCS1.[N-]=[N+]=NNC(=S)SN(C(=S)[S-])C1NCCS1.[O]=[Mo+2]=[O]. The number of hydrogen-bond donors (Lipinski definition) is 4. The van der Waals surface area contributed by atoms with Gasteiger partial charge >= 0.3 is 25.3 Å². The molecule has 14 nitrogen and oxygen atoms in total. The van der Waals surface area contributed by atoms with Crippen LogP contribution in [0.1, 0.15) is 0 Å². The second-order valence-electron chi connectivity index (χ2n) is 4.97. The van der Waals surface area contributed by atoms with Gasteiger partial charge in [0, 0.05) is 48.5 Å². The molecule has 25 heteroatoms. The van der Waals surface area contributed by atoms with Gasteiger partial charge in [0.15, 0.2) is 0 Å². The summed E-state index contributed by atoms with van der Waals surface area (Å²) >= 11 is 33.4. The van der Waals surface area contributed by atoms with Gasteiger partial charge in [-0.15, -0.1) is 34.6 Å². The van der Waals surface area contributed by atoms with E-state index in [1.54, 1.807) is 32.1 Å². The van der Waals surface area contributed by atoms with Gasteiger partial charge in [-0.3, -0.25) is 10.6 Å². The van der Waals surface area contributed by atoms with Crippen LogP contribution >= 0.6 is 96.3 Å². The van der Waals surface area contributed by atoms with Gasteiger partial charge in [-0.2, -0.15) is 9.82 Å². The molecular weight excluding hydrogens is 737 g/mol. The third-order valence-corrected chi connectivity index (χ3v) is 9.02. The van der Waals surface area contributed by atoms with Gasteiger partial charge in [0.2, 0.25) is 8.64 Å². The molecule has 2 unspecified atom stereocenters. The molecule has 2 heterocycles. The first-order valence-corrected chi connectivity index (χ1v) is 16.1. The second-order valence-corrected chi connectivity index (χ2v) is 13.0. The number of nitrogens with zero attached hydrogens (tertiary/aromatic N) is 8.